The standard InChI is InChI=1S/C15H17FO3S/c1-2-19-14(17)10-3-4-11-8-15(20-12(11)7-10)5-6-18-9-13(15)16/h3-4,7,13H,2,5-6,8-9H2,1H3. The first-order valence-electron chi connectivity index (χ1n) is 6.85. The van der Waals surface area contributed by atoms with E-state index in [-0.39, 0.29) is 12.6 Å². The zero-order chi connectivity index (χ0) is 14.2. The smallest absolute Gasteiger partial charge is 0.338 e. The summed E-state index contributed by atoms with van der Waals surface area (Å²) < 4.78 is 24.0. The number of carbonyl (C=O) groups excluding carboxylic acids is 1. The van der Waals surface area contributed by atoms with Gasteiger partial charge < -0.3 is 9.47 Å². The van der Waals surface area contributed by atoms with Gasteiger partial charge in [-0.15, -0.1) is 11.8 Å². The molecule has 3 rings (SSSR count). The molecule has 3 nitrogen and oxygen atoms in total. The van der Waals surface area contributed by atoms with Crippen LogP contribution in [0.25, 0.3) is 0 Å². The molecule has 2 atom stereocenters. The van der Waals surface area contributed by atoms with Gasteiger partial charge in [-0.25, -0.2) is 9.18 Å². The van der Waals surface area contributed by atoms with Crippen LogP contribution >= 0.6 is 11.8 Å². The number of alkyl halides is 1. The first-order chi connectivity index (χ1) is 9.64. The van der Waals surface area contributed by atoms with E-state index in [9.17, 15) is 9.18 Å². The number of hydrogen-bond donors (Lipinski definition) is 0. The van der Waals surface area contributed by atoms with Crippen molar-refractivity contribution < 1.29 is 18.7 Å². The highest BCUT2D eigenvalue weighted by molar-refractivity contribution is 8.01. The number of ether oxygens (including phenoxy) is 2. The topological polar surface area (TPSA) is 35.5 Å². The van der Waals surface area contributed by atoms with Crippen LogP contribution in [-0.4, -0.2) is 36.7 Å². The van der Waals surface area contributed by atoms with Crippen molar-refractivity contribution in [3.05, 3.63) is 29.3 Å². The van der Waals surface area contributed by atoms with Gasteiger partial charge in [0, 0.05) is 11.5 Å². The third kappa shape index (κ3) is 2.33. The van der Waals surface area contributed by atoms with Gasteiger partial charge in [-0.2, -0.15) is 0 Å². The van der Waals surface area contributed by atoms with Gasteiger partial charge in [-0.1, -0.05) is 6.07 Å². The fraction of sp³-hybridized carbons (Fsp3) is 0.533. The van der Waals surface area contributed by atoms with Crippen molar-refractivity contribution in [3.8, 4) is 0 Å². The second-order valence-electron chi connectivity index (χ2n) is 5.18. The Morgan fingerprint density at radius 3 is 3.20 bits per heavy atom. The van der Waals surface area contributed by atoms with E-state index in [1.165, 1.54) is 0 Å². The second kappa shape index (κ2) is 5.37. The van der Waals surface area contributed by atoms with Crippen molar-refractivity contribution in [2.24, 2.45) is 0 Å². The van der Waals surface area contributed by atoms with Crippen LogP contribution in [0.5, 0.6) is 0 Å². The molecule has 2 aliphatic rings. The molecule has 1 aromatic rings. The largest absolute Gasteiger partial charge is 0.462 e. The highest BCUT2D eigenvalue weighted by atomic mass is 32.2. The Morgan fingerprint density at radius 2 is 2.45 bits per heavy atom. The monoisotopic (exact) mass is 296 g/mol. The molecule has 1 aromatic carbocycles. The molecule has 0 radical (unpaired) electrons. The minimum absolute atomic E-state index is 0.172. The van der Waals surface area contributed by atoms with E-state index < -0.39 is 10.9 Å². The zero-order valence-corrected chi connectivity index (χ0v) is 12.2. The van der Waals surface area contributed by atoms with Crippen LogP contribution in [0.2, 0.25) is 0 Å². The molecule has 20 heavy (non-hydrogen) atoms. The minimum atomic E-state index is -0.959. The molecule has 0 saturated carbocycles. The lowest BCUT2D eigenvalue weighted by molar-refractivity contribution is 0.0133. The molecular weight excluding hydrogens is 279 g/mol. The van der Waals surface area contributed by atoms with Crippen molar-refractivity contribution in [2.75, 3.05) is 19.8 Å². The van der Waals surface area contributed by atoms with Gasteiger partial charge in [0.1, 0.15) is 6.17 Å². The first-order valence-corrected chi connectivity index (χ1v) is 7.67. The zero-order valence-electron chi connectivity index (χ0n) is 11.4. The van der Waals surface area contributed by atoms with Crippen molar-refractivity contribution in [3.63, 3.8) is 0 Å². The highest BCUT2D eigenvalue weighted by Gasteiger charge is 2.47. The summed E-state index contributed by atoms with van der Waals surface area (Å²) in [5.41, 5.74) is 1.66. The van der Waals surface area contributed by atoms with E-state index >= 15 is 0 Å². The lowest BCUT2D eigenvalue weighted by atomic mass is 9.90. The predicted octanol–water partition coefficient (Wildman–Crippen LogP) is 3.01. The number of fused-ring (bicyclic) bond motifs is 1. The molecule has 1 spiro atoms. The Balaban J connectivity index is 1.84. The lowest BCUT2D eigenvalue weighted by Gasteiger charge is -2.35. The van der Waals surface area contributed by atoms with Crippen LogP contribution in [0.15, 0.2) is 23.1 Å². The number of carbonyl (C=O) groups is 1. The van der Waals surface area contributed by atoms with Gasteiger partial charge in [0.2, 0.25) is 0 Å². The summed E-state index contributed by atoms with van der Waals surface area (Å²) >= 11 is 1.55. The number of benzene rings is 1. The number of thioether (sulfide) groups is 1. The molecule has 2 heterocycles. The van der Waals surface area contributed by atoms with Crippen LogP contribution in [-0.2, 0) is 15.9 Å². The SMILES string of the molecule is CCOC(=O)c1ccc2c(c1)SC1(CCOCC1F)C2. The molecule has 1 saturated heterocycles. The van der Waals surface area contributed by atoms with E-state index in [0.29, 0.717) is 31.6 Å². The maximum atomic E-state index is 14.3. The van der Waals surface area contributed by atoms with Crippen molar-refractivity contribution >= 4 is 17.7 Å². The maximum absolute atomic E-state index is 14.3. The molecule has 0 aliphatic carbocycles. The molecule has 5 heteroatoms. The third-order valence-corrected chi connectivity index (χ3v) is 5.50. The van der Waals surface area contributed by atoms with Gasteiger partial charge >= 0.3 is 5.97 Å². The van der Waals surface area contributed by atoms with Crippen molar-refractivity contribution in [1.82, 2.24) is 0 Å². The van der Waals surface area contributed by atoms with Crippen molar-refractivity contribution in [1.29, 1.82) is 0 Å². The number of rotatable bonds is 2. The summed E-state index contributed by atoms with van der Waals surface area (Å²) in [5, 5.41) is 0. The second-order valence-corrected chi connectivity index (χ2v) is 6.64. The molecule has 108 valence electrons. The summed E-state index contributed by atoms with van der Waals surface area (Å²) in [6, 6.07) is 5.52. The average molecular weight is 296 g/mol. The molecule has 1 fully saturated rings. The molecule has 0 N–H and O–H groups in total. The predicted molar refractivity (Wildman–Crippen MR) is 75.0 cm³/mol. The minimum Gasteiger partial charge on any atom is -0.462 e. The van der Waals surface area contributed by atoms with E-state index in [1.807, 2.05) is 12.1 Å². The van der Waals surface area contributed by atoms with Crippen LogP contribution in [0, 0.1) is 0 Å². The van der Waals surface area contributed by atoms with Gasteiger partial charge in [-0.05, 0) is 37.5 Å². The fourth-order valence-electron chi connectivity index (χ4n) is 2.77. The van der Waals surface area contributed by atoms with Crippen molar-refractivity contribution in [2.45, 2.75) is 35.6 Å². The molecule has 0 aromatic heterocycles. The Hall–Kier alpha value is -1.07. The lowest BCUT2D eigenvalue weighted by Crippen LogP contribution is -2.44. The normalized spacial score (nSPS) is 28.4. The number of hydrogen-bond acceptors (Lipinski definition) is 4. The molecular formula is C15H17FO3S. The number of halogens is 1. The van der Waals surface area contributed by atoms with E-state index in [1.54, 1.807) is 24.8 Å². The quantitative estimate of drug-likeness (QED) is 0.786. The molecule has 0 amide bonds. The van der Waals surface area contributed by atoms with Crippen LogP contribution in [0.1, 0.15) is 29.3 Å². The summed E-state index contributed by atoms with van der Waals surface area (Å²) in [4.78, 5) is 12.8. The van der Waals surface area contributed by atoms with Gasteiger partial charge in [0.25, 0.3) is 0 Å². The fourth-order valence-corrected chi connectivity index (χ4v) is 4.27. The number of esters is 1. The molecule has 2 unspecified atom stereocenters. The molecule has 0 bridgehead atoms. The third-order valence-electron chi connectivity index (χ3n) is 3.89. The van der Waals surface area contributed by atoms with Crippen LogP contribution in [0.3, 0.4) is 0 Å². The average Bonchev–Trinajstić information content (AvgIpc) is 2.80. The Bertz CT molecular complexity index is 534. The highest BCUT2D eigenvalue weighted by Crippen LogP contribution is 2.51. The first kappa shape index (κ1) is 13.9. The Kier molecular flexibility index (Phi) is 3.73. The van der Waals surface area contributed by atoms with E-state index in [2.05, 4.69) is 0 Å². The van der Waals surface area contributed by atoms with E-state index in [4.69, 9.17) is 9.47 Å². The van der Waals surface area contributed by atoms with Crippen LogP contribution in [0.4, 0.5) is 4.39 Å². The summed E-state index contributed by atoms with van der Waals surface area (Å²) in [5.74, 6) is -0.319. The van der Waals surface area contributed by atoms with Gasteiger partial charge in [-0.3, -0.25) is 0 Å². The Morgan fingerprint density at radius 1 is 1.60 bits per heavy atom. The van der Waals surface area contributed by atoms with Gasteiger partial charge in [0.05, 0.1) is 23.5 Å². The summed E-state index contributed by atoms with van der Waals surface area (Å²) in [6.07, 6.45) is 0.461. The van der Waals surface area contributed by atoms with Gasteiger partial charge in [0.15, 0.2) is 0 Å². The van der Waals surface area contributed by atoms with E-state index in [0.717, 1.165) is 10.5 Å². The van der Waals surface area contributed by atoms with Crippen LogP contribution < -0.4 is 0 Å². The molecule has 2 aliphatic heterocycles. The summed E-state index contributed by atoms with van der Waals surface area (Å²) in [7, 11) is 0. The maximum Gasteiger partial charge on any atom is 0.338 e. The summed E-state index contributed by atoms with van der Waals surface area (Å²) in [6.45, 7) is 2.92. The Labute approximate surface area is 121 Å².